The van der Waals surface area contributed by atoms with Gasteiger partial charge >= 0.3 is 12.1 Å². The highest BCUT2D eigenvalue weighted by Crippen LogP contribution is 2.18. The molecule has 0 radical (unpaired) electrons. The molecular formula is C14H14F3NO. The molecule has 0 fully saturated rings. The lowest BCUT2D eigenvalue weighted by molar-refractivity contribution is -0.184. The predicted octanol–water partition coefficient (Wildman–Crippen LogP) is 3.28. The number of nitrogens with zero attached hydrogens (tertiary/aromatic N) is 1. The van der Waals surface area contributed by atoms with E-state index in [1.54, 1.807) is 6.08 Å². The second-order valence-electron chi connectivity index (χ2n) is 3.81. The second kappa shape index (κ2) is 6.78. The normalized spacial score (nSPS) is 11.5. The van der Waals surface area contributed by atoms with Crippen molar-refractivity contribution in [1.29, 1.82) is 0 Å². The average molecular weight is 269 g/mol. The van der Waals surface area contributed by atoms with Gasteiger partial charge in [-0.15, -0.1) is 6.58 Å². The monoisotopic (exact) mass is 269 g/mol. The Balaban J connectivity index is 2.67. The first-order valence-corrected chi connectivity index (χ1v) is 5.63. The van der Waals surface area contributed by atoms with E-state index in [1.165, 1.54) is 12.2 Å². The van der Waals surface area contributed by atoms with Crippen molar-refractivity contribution < 1.29 is 18.0 Å². The first-order chi connectivity index (χ1) is 8.95. The van der Waals surface area contributed by atoms with Crippen LogP contribution in [0.3, 0.4) is 0 Å². The summed E-state index contributed by atoms with van der Waals surface area (Å²) in [7, 11) is 0. The lowest BCUT2D eigenvalue weighted by Gasteiger charge is -2.20. The largest absolute Gasteiger partial charge is 0.471 e. The first kappa shape index (κ1) is 15.0. The van der Waals surface area contributed by atoms with Gasteiger partial charge in [-0.25, -0.2) is 0 Å². The minimum Gasteiger partial charge on any atom is -0.327 e. The average Bonchev–Trinajstić information content (AvgIpc) is 2.37. The molecule has 0 aliphatic rings. The van der Waals surface area contributed by atoms with Gasteiger partial charge in [0.05, 0.1) is 0 Å². The number of hydrogen-bond acceptors (Lipinski definition) is 1. The van der Waals surface area contributed by atoms with Crippen molar-refractivity contribution in [2.45, 2.75) is 6.18 Å². The third-order valence-electron chi connectivity index (χ3n) is 2.31. The Morgan fingerprint density at radius 2 is 1.84 bits per heavy atom. The fourth-order valence-electron chi connectivity index (χ4n) is 1.46. The Morgan fingerprint density at radius 1 is 1.21 bits per heavy atom. The Kier molecular flexibility index (Phi) is 5.36. The highest BCUT2D eigenvalue weighted by atomic mass is 19.4. The molecule has 1 rings (SSSR count). The Bertz CT molecular complexity index is 452. The number of carbonyl (C=O) groups excluding carboxylic acids is 1. The number of hydrogen-bond donors (Lipinski definition) is 0. The van der Waals surface area contributed by atoms with E-state index in [0.29, 0.717) is 4.90 Å². The molecular weight excluding hydrogens is 255 g/mol. The summed E-state index contributed by atoms with van der Waals surface area (Å²) < 4.78 is 37.0. The zero-order valence-corrected chi connectivity index (χ0v) is 10.2. The van der Waals surface area contributed by atoms with Gasteiger partial charge in [-0.1, -0.05) is 48.6 Å². The van der Waals surface area contributed by atoms with Crippen LogP contribution >= 0.6 is 0 Å². The van der Waals surface area contributed by atoms with Crippen LogP contribution in [0.2, 0.25) is 0 Å². The van der Waals surface area contributed by atoms with Crippen LogP contribution in [0.15, 0.2) is 49.1 Å². The van der Waals surface area contributed by atoms with E-state index in [0.717, 1.165) is 5.56 Å². The molecule has 0 spiro atoms. The van der Waals surface area contributed by atoms with Crippen LogP contribution in [0.1, 0.15) is 5.56 Å². The van der Waals surface area contributed by atoms with Gasteiger partial charge in [-0.05, 0) is 5.56 Å². The van der Waals surface area contributed by atoms with Crippen LogP contribution < -0.4 is 0 Å². The Labute approximate surface area is 109 Å². The van der Waals surface area contributed by atoms with Gasteiger partial charge in [0, 0.05) is 13.1 Å². The molecule has 0 aliphatic heterocycles. The molecule has 0 saturated carbocycles. The van der Waals surface area contributed by atoms with Gasteiger partial charge in [0.2, 0.25) is 0 Å². The van der Waals surface area contributed by atoms with Crippen LogP contribution in [0.25, 0.3) is 6.08 Å². The summed E-state index contributed by atoms with van der Waals surface area (Å²) in [5.74, 6) is -1.86. The number of carbonyl (C=O) groups is 1. The smallest absolute Gasteiger partial charge is 0.327 e. The summed E-state index contributed by atoms with van der Waals surface area (Å²) >= 11 is 0. The lowest BCUT2D eigenvalue weighted by atomic mass is 10.2. The molecule has 5 heteroatoms. The molecule has 0 unspecified atom stereocenters. The van der Waals surface area contributed by atoms with Crippen LogP contribution in [-0.4, -0.2) is 30.1 Å². The quantitative estimate of drug-likeness (QED) is 0.751. The van der Waals surface area contributed by atoms with Gasteiger partial charge in [-0.2, -0.15) is 13.2 Å². The summed E-state index contributed by atoms with van der Waals surface area (Å²) in [6, 6.07) is 9.12. The topological polar surface area (TPSA) is 20.3 Å². The maximum Gasteiger partial charge on any atom is 0.471 e. The van der Waals surface area contributed by atoms with Crippen molar-refractivity contribution in [2.24, 2.45) is 0 Å². The van der Waals surface area contributed by atoms with Crippen molar-refractivity contribution in [3.8, 4) is 0 Å². The van der Waals surface area contributed by atoms with E-state index >= 15 is 0 Å². The minimum absolute atomic E-state index is 0.112. The van der Waals surface area contributed by atoms with Crippen LogP contribution in [-0.2, 0) is 4.79 Å². The molecule has 0 atom stereocenters. The summed E-state index contributed by atoms with van der Waals surface area (Å²) in [5.41, 5.74) is 0.862. The van der Waals surface area contributed by atoms with E-state index in [1.807, 2.05) is 30.3 Å². The summed E-state index contributed by atoms with van der Waals surface area (Å²) in [5, 5.41) is 0. The van der Waals surface area contributed by atoms with Gasteiger partial charge in [0.15, 0.2) is 0 Å². The van der Waals surface area contributed by atoms with Crippen LogP contribution in [0.4, 0.5) is 13.2 Å². The van der Waals surface area contributed by atoms with Crippen molar-refractivity contribution in [3.63, 3.8) is 0 Å². The van der Waals surface area contributed by atoms with Crippen molar-refractivity contribution >= 4 is 12.0 Å². The number of halogens is 3. The van der Waals surface area contributed by atoms with E-state index in [4.69, 9.17) is 0 Å². The molecule has 0 aliphatic carbocycles. The summed E-state index contributed by atoms with van der Waals surface area (Å²) in [4.78, 5) is 11.8. The molecule has 1 aromatic rings. The van der Waals surface area contributed by atoms with E-state index < -0.39 is 12.1 Å². The molecule has 0 heterocycles. The van der Waals surface area contributed by atoms with Gasteiger partial charge in [0.1, 0.15) is 0 Å². The Morgan fingerprint density at radius 3 is 2.37 bits per heavy atom. The second-order valence-corrected chi connectivity index (χ2v) is 3.81. The van der Waals surface area contributed by atoms with Crippen molar-refractivity contribution in [1.82, 2.24) is 4.90 Å². The van der Waals surface area contributed by atoms with Crippen molar-refractivity contribution in [3.05, 3.63) is 54.6 Å². The molecule has 2 nitrogen and oxygen atoms in total. The van der Waals surface area contributed by atoms with E-state index in [9.17, 15) is 18.0 Å². The first-order valence-electron chi connectivity index (χ1n) is 5.63. The van der Waals surface area contributed by atoms with Gasteiger partial charge in [-0.3, -0.25) is 4.79 Å². The maximum absolute atomic E-state index is 12.3. The molecule has 102 valence electrons. The molecule has 1 aromatic carbocycles. The van der Waals surface area contributed by atoms with Gasteiger partial charge < -0.3 is 4.90 Å². The van der Waals surface area contributed by atoms with Crippen LogP contribution in [0.5, 0.6) is 0 Å². The highest BCUT2D eigenvalue weighted by molar-refractivity contribution is 5.82. The molecule has 1 amide bonds. The van der Waals surface area contributed by atoms with Crippen LogP contribution in [0, 0.1) is 0 Å². The van der Waals surface area contributed by atoms with E-state index in [-0.39, 0.29) is 13.1 Å². The lowest BCUT2D eigenvalue weighted by Crippen LogP contribution is -2.41. The predicted molar refractivity (Wildman–Crippen MR) is 68.3 cm³/mol. The molecule has 0 N–H and O–H groups in total. The van der Waals surface area contributed by atoms with E-state index in [2.05, 4.69) is 6.58 Å². The summed E-state index contributed by atoms with van der Waals surface area (Å²) in [6.07, 6.45) is -0.411. The zero-order chi connectivity index (χ0) is 14.3. The Hall–Kier alpha value is -2.04. The molecule has 0 bridgehead atoms. The SMILES string of the molecule is C=CCN(C/C=C/c1ccccc1)C(=O)C(F)(F)F. The maximum atomic E-state index is 12.3. The fraction of sp³-hybridized carbons (Fsp3) is 0.214. The van der Waals surface area contributed by atoms with Gasteiger partial charge in [0.25, 0.3) is 0 Å². The molecule has 19 heavy (non-hydrogen) atoms. The summed E-state index contributed by atoms with van der Waals surface area (Å²) in [6.45, 7) is 3.09. The number of alkyl halides is 3. The highest BCUT2D eigenvalue weighted by Gasteiger charge is 2.41. The zero-order valence-electron chi connectivity index (χ0n) is 10.2. The number of rotatable bonds is 5. The minimum atomic E-state index is -4.86. The third kappa shape index (κ3) is 4.99. The molecule has 0 saturated heterocycles. The molecule has 0 aromatic heterocycles. The number of amides is 1. The standard InChI is InChI=1S/C14H14F3NO/c1-2-10-18(13(19)14(15,16)17)11-6-9-12-7-4-3-5-8-12/h2-9H,1,10-11H2/b9-6+. The van der Waals surface area contributed by atoms with Crippen molar-refractivity contribution in [2.75, 3.05) is 13.1 Å². The number of benzene rings is 1. The third-order valence-corrected chi connectivity index (χ3v) is 2.31. The fourth-order valence-corrected chi connectivity index (χ4v) is 1.46.